The van der Waals surface area contributed by atoms with Crippen LogP contribution in [0.25, 0.3) is 0 Å². The number of likely N-dealkylation sites (N-methyl/N-ethyl adjacent to an activating group) is 1. The van der Waals surface area contributed by atoms with E-state index < -0.39 is 0 Å². The van der Waals surface area contributed by atoms with Gasteiger partial charge in [0.05, 0.1) is 6.10 Å². The number of hydrogen-bond acceptors (Lipinski definition) is 4. The van der Waals surface area contributed by atoms with E-state index in [1.807, 2.05) is 7.05 Å². The summed E-state index contributed by atoms with van der Waals surface area (Å²) in [4.78, 5) is 16.2. The Balaban J connectivity index is 1.69. The molecule has 1 saturated heterocycles. The third-order valence-corrected chi connectivity index (χ3v) is 4.29. The fourth-order valence-electron chi connectivity index (χ4n) is 3.10. The van der Waals surface area contributed by atoms with Crippen molar-refractivity contribution < 1.29 is 9.90 Å². The molecule has 0 unspecified atom stereocenters. The fraction of sp³-hybridized carbons (Fsp3) is 0.611. The van der Waals surface area contributed by atoms with Gasteiger partial charge in [-0.25, -0.2) is 0 Å². The predicted octanol–water partition coefficient (Wildman–Crippen LogP) is 0.720. The van der Waals surface area contributed by atoms with Gasteiger partial charge < -0.3 is 20.2 Å². The van der Waals surface area contributed by atoms with Crippen molar-refractivity contribution in [3.8, 4) is 0 Å². The predicted molar refractivity (Wildman–Crippen MR) is 92.2 cm³/mol. The van der Waals surface area contributed by atoms with Gasteiger partial charge in [0.25, 0.3) is 0 Å². The number of benzene rings is 1. The molecule has 0 radical (unpaired) electrons. The summed E-state index contributed by atoms with van der Waals surface area (Å²) in [5, 5.41) is 12.8. The summed E-state index contributed by atoms with van der Waals surface area (Å²) >= 11 is 0. The summed E-state index contributed by atoms with van der Waals surface area (Å²) < 4.78 is 0. The first-order chi connectivity index (χ1) is 10.9. The number of carbonyl (C=O) groups excluding carboxylic acids is 1. The van der Waals surface area contributed by atoms with Crippen molar-refractivity contribution in [1.29, 1.82) is 0 Å². The van der Waals surface area contributed by atoms with E-state index in [-0.39, 0.29) is 17.9 Å². The number of amides is 1. The Kier molecular flexibility index (Phi) is 6.57. The smallest absolute Gasteiger partial charge is 0.220 e. The fourth-order valence-corrected chi connectivity index (χ4v) is 3.10. The van der Waals surface area contributed by atoms with E-state index in [1.54, 1.807) is 0 Å². The van der Waals surface area contributed by atoms with Crippen LogP contribution in [0.4, 0.5) is 0 Å². The quantitative estimate of drug-likeness (QED) is 0.778. The van der Waals surface area contributed by atoms with Gasteiger partial charge in [-0.3, -0.25) is 4.79 Å². The normalized spacial score (nSPS) is 21.8. The van der Waals surface area contributed by atoms with Crippen LogP contribution in [0.3, 0.4) is 0 Å². The zero-order valence-electron chi connectivity index (χ0n) is 14.5. The van der Waals surface area contributed by atoms with Crippen molar-refractivity contribution in [2.75, 3.05) is 40.8 Å². The Hall–Kier alpha value is -1.43. The Morgan fingerprint density at radius 1 is 1.26 bits per heavy atom. The molecule has 0 saturated carbocycles. The average Bonchev–Trinajstić information content (AvgIpc) is 2.78. The van der Waals surface area contributed by atoms with Crippen LogP contribution in [0.15, 0.2) is 24.3 Å². The Labute approximate surface area is 139 Å². The monoisotopic (exact) mass is 319 g/mol. The van der Waals surface area contributed by atoms with E-state index in [2.05, 4.69) is 53.5 Å². The summed E-state index contributed by atoms with van der Waals surface area (Å²) in [5.41, 5.74) is 2.52. The molecular formula is C18H29N3O2. The summed E-state index contributed by atoms with van der Waals surface area (Å²) in [5.74, 6) is 0.0962. The van der Waals surface area contributed by atoms with Gasteiger partial charge in [-0.05, 0) is 38.7 Å². The molecule has 2 atom stereocenters. The highest BCUT2D eigenvalue weighted by molar-refractivity contribution is 5.76. The lowest BCUT2D eigenvalue weighted by Crippen LogP contribution is -2.30. The molecule has 2 rings (SSSR count). The molecule has 0 aromatic heterocycles. The number of aliphatic hydroxyl groups excluding tert-OH is 1. The van der Waals surface area contributed by atoms with E-state index in [0.29, 0.717) is 19.5 Å². The summed E-state index contributed by atoms with van der Waals surface area (Å²) in [6.45, 7) is 3.04. The molecule has 2 N–H and O–H groups in total. The molecule has 1 amide bonds. The first kappa shape index (κ1) is 17.9. The van der Waals surface area contributed by atoms with Crippen molar-refractivity contribution >= 4 is 5.91 Å². The molecule has 0 aliphatic carbocycles. The molecule has 1 aromatic rings. The molecule has 5 heteroatoms. The second kappa shape index (κ2) is 8.43. The molecular weight excluding hydrogens is 290 g/mol. The van der Waals surface area contributed by atoms with E-state index in [4.69, 9.17) is 0 Å². The largest absolute Gasteiger partial charge is 0.391 e. The standard InChI is InChI=1S/C18H29N3O2/c1-20(2)11-15-6-4-14(5-7-15)8-9-19-18(23)10-16-12-21(3)13-17(16)22/h4-7,16-17,22H,8-13H2,1-3H3,(H,19,23)/t16-,17-/m1/s1. The maximum Gasteiger partial charge on any atom is 0.220 e. The third kappa shape index (κ3) is 5.94. The van der Waals surface area contributed by atoms with E-state index in [9.17, 15) is 9.90 Å². The molecule has 1 aliphatic heterocycles. The van der Waals surface area contributed by atoms with Crippen LogP contribution in [0.1, 0.15) is 17.5 Å². The zero-order valence-corrected chi connectivity index (χ0v) is 14.5. The minimum Gasteiger partial charge on any atom is -0.391 e. The highest BCUT2D eigenvalue weighted by atomic mass is 16.3. The highest BCUT2D eigenvalue weighted by Crippen LogP contribution is 2.18. The minimum absolute atomic E-state index is 0.0357. The van der Waals surface area contributed by atoms with Crippen LogP contribution >= 0.6 is 0 Å². The number of carbonyl (C=O) groups is 1. The van der Waals surface area contributed by atoms with Gasteiger partial charge in [-0.15, -0.1) is 0 Å². The van der Waals surface area contributed by atoms with Gasteiger partial charge in [0.1, 0.15) is 0 Å². The van der Waals surface area contributed by atoms with Crippen molar-refractivity contribution in [1.82, 2.24) is 15.1 Å². The first-order valence-corrected chi connectivity index (χ1v) is 8.30. The number of hydrogen-bond donors (Lipinski definition) is 2. The molecule has 23 heavy (non-hydrogen) atoms. The number of aliphatic hydroxyl groups is 1. The second-order valence-corrected chi connectivity index (χ2v) is 6.91. The van der Waals surface area contributed by atoms with Gasteiger partial charge in [-0.1, -0.05) is 24.3 Å². The lowest BCUT2D eigenvalue weighted by molar-refractivity contribution is -0.122. The minimum atomic E-state index is -0.380. The SMILES string of the molecule is CN(C)Cc1ccc(CCNC(=O)C[C@@H]2CN(C)C[C@H]2O)cc1. The number of β-amino-alcohol motifs (C(OH)–C–C–N with tert-alkyl or cyclic N) is 1. The van der Waals surface area contributed by atoms with Gasteiger partial charge in [0, 0.05) is 38.5 Å². The maximum atomic E-state index is 12.0. The molecule has 128 valence electrons. The number of nitrogens with one attached hydrogen (secondary N) is 1. The van der Waals surface area contributed by atoms with Crippen LogP contribution in [0.5, 0.6) is 0 Å². The van der Waals surface area contributed by atoms with Crippen molar-refractivity contribution in [3.05, 3.63) is 35.4 Å². The lowest BCUT2D eigenvalue weighted by Gasteiger charge is -2.13. The molecule has 0 bridgehead atoms. The van der Waals surface area contributed by atoms with Crippen LogP contribution in [0.2, 0.25) is 0 Å². The average molecular weight is 319 g/mol. The number of rotatable bonds is 7. The Morgan fingerprint density at radius 2 is 1.91 bits per heavy atom. The van der Waals surface area contributed by atoms with Gasteiger partial charge >= 0.3 is 0 Å². The Bertz CT molecular complexity index is 501. The lowest BCUT2D eigenvalue weighted by atomic mass is 10.0. The molecule has 5 nitrogen and oxygen atoms in total. The van der Waals surface area contributed by atoms with E-state index >= 15 is 0 Å². The van der Waals surface area contributed by atoms with Gasteiger partial charge in [-0.2, -0.15) is 0 Å². The molecule has 1 heterocycles. The zero-order chi connectivity index (χ0) is 16.8. The number of likely N-dealkylation sites (tertiary alicyclic amines) is 1. The van der Waals surface area contributed by atoms with Crippen molar-refractivity contribution in [3.63, 3.8) is 0 Å². The summed E-state index contributed by atoms with van der Waals surface area (Å²) in [7, 11) is 6.09. The van der Waals surface area contributed by atoms with Gasteiger partial charge in [0.15, 0.2) is 0 Å². The maximum absolute atomic E-state index is 12.0. The number of nitrogens with zero attached hydrogens (tertiary/aromatic N) is 2. The molecule has 1 fully saturated rings. The van der Waals surface area contributed by atoms with Crippen LogP contribution < -0.4 is 5.32 Å². The Morgan fingerprint density at radius 3 is 2.48 bits per heavy atom. The molecule has 0 spiro atoms. The van der Waals surface area contributed by atoms with E-state index in [1.165, 1.54) is 11.1 Å². The van der Waals surface area contributed by atoms with Crippen LogP contribution in [-0.4, -0.2) is 67.7 Å². The summed E-state index contributed by atoms with van der Waals surface area (Å²) in [6, 6.07) is 8.53. The van der Waals surface area contributed by atoms with Crippen molar-refractivity contribution in [2.45, 2.75) is 25.5 Å². The van der Waals surface area contributed by atoms with Crippen LogP contribution in [-0.2, 0) is 17.8 Å². The first-order valence-electron chi connectivity index (χ1n) is 8.30. The third-order valence-electron chi connectivity index (χ3n) is 4.29. The highest BCUT2D eigenvalue weighted by Gasteiger charge is 2.30. The second-order valence-electron chi connectivity index (χ2n) is 6.91. The van der Waals surface area contributed by atoms with Crippen molar-refractivity contribution in [2.24, 2.45) is 5.92 Å². The molecule has 1 aromatic carbocycles. The van der Waals surface area contributed by atoms with Crippen LogP contribution in [0, 0.1) is 5.92 Å². The van der Waals surface area contributed by atoms with Gasteiger partial charge in [0.2, 0.25) is 5.91 Å². The molecule has 1 aliphatic rings. The topological polar surface area (TPSA) is 55.8 Å². The van der Waals surface area contributed by atoms with E-state index in [0.717, 1.165) is 19.5 Å². The summed E-state index contributed by atoms with van der Waals surface area (Å²) in [6.07, 6.45) is 0.865.